The monoisotopic (exact) mass is 230 g/mol. The van der Waals surface area contributed by atoms with Crippen molar-refractivity contribution in [2.75, 3.05) is 18.4 Å². The van der Waals surface area contributed by atoms with Gasteiger partial charge in [-0.15, -0.1) is 0 Å². The number of hydrogen-bond acceptors (Lipinski definition) is 2. The van der Waals surface area contributed by atoms with Crippen molar-refractivity contribution in [3.8, 4) is 0 Å². The lowest BCUT2D eigenvalue weighted by molar-refractivity contribution is -0.117. The molecule has 0 aromatic heterocycles. The van der Waals surface area contributed by atoms with Crippen molar-refractivity contribution < 1.29 is 4.79 Å². The number of anilines is 1. The van der Waals surface area contributed by atoms with Crippen LogP contribution in [0.25, 0.3) is 6.08 Å². The van der Waals surface area contributed by atoms with E-state index in [0.717, 1.165) is 42.8 Å². The maximum atomic E-state index is 11.9. The summed E-state index contributed by atoms with van der Waals surface area (Å²) >= 11 is 0. The average Bonchev–Trinajstić information content (AvgIpc) is 2.58. The summed E-state index contributed by atoms with van der Waals surface area (Å²) in [7, 11) is 0. The zero-order valence-corrected chi connectivity index (χ0v) is 10.1. The highest BCUT2D eigenvalue weighted by molar-refractivity contribution is 5.99. The molecule has 3 nitrogen and oxygen atoms in total. The lowest BCUT2D eigenvalue weighted by Gasteiger charge is -2.06. The number of benzene rings is 1. The molecule has 0 bridgehead atoms. The number of carbonyl (C=O) groups is 1. The summed E-state index contributed by atoms with van der Waals surface area (Å²) in [5.41, 5.74) is 3.05. The number of para-hydroxylation sites is 1. The Hall–Kier alpha value is -1.77. The van der Waals surface area contributed by atoms with E-state index in [1.54, 1.807) is 0 Å². The Morgan fingerprint density at radius 3 is 3.06 bits per heavy atom. The van der Waals surface area contributed by atoms with Crippen LogP contribution in [-0.2, 0) is 4.79 Å². The van der Waals surface area contributed by atoms with Crippen LogP contribution in [0.2, 0.25) is 0 Å². The number of nitrogens with one attached hydrogen (secondary N) is 2. The smallest absolute Gasteiger partial charge is 0.247 e. The summed E-state index contributed by atoms with van der Waals surface area (Å²) in [5, 5.41) is 6.26. The van der Waals surface area contributed by atoms with Crippen LogP contribution in [0, 0.1) is 0 Å². The molecule has 0 unspecified atom stereocenters. The van der Waals surface area contributed by atoms with Crippen LogP contribution in [0.5, 0.6) is 0 Å². The van der Waals surface area contributed by atoms with Gasteiger partial charge in [-0.25, -0.2) is 0 Å². The molecule has 1 aliphatic heterocycles. The van der Waals surface area contributed by atoms with Crippen LogP contribution in [0.15, 0.2) is 29.8 Å². The summed E-state index contributed by atoms with van der Waals surface area (Å²) in [4.78, 5) is 11.9. The Morgan fingerprint density at radius 2 is 2.24 bits per heavy atom. The normalized spacial score (nSPS) is 14.1. The number of fused-ring (bicyclic) bond motifs is 1. The first kappa shape index (κ1) is 11.7. The molecule has 0 radical (unpaired) electrons. The van der Waals surface area contributed by atoms with E-state index in [9.17, 15) is 4.79 Å². The van der Waals surface area contributed by atoms with E-state index in [-0.39, 0.29) is 5.91 Å². The zero-order chi connectivity index (χ0) is 12.1. The highest BCUT2D eigenvalue weighted by Gasteiger charge is 2.12. The lowest BCUT2D eigenvalue weighted by Crippen LogP contribution is -2.26. The Labute approximate surface area is 102 Å². The minimum atomic E-state index is 0.0605. The molecule has 1 amide bonds. The highest BCUT2D eigenvalue weighted by atomic mass is 16.1. The molecule has 0 saturated heterocycles. The van der Waals surface area contributed by atoms with Crippen LogP contribution in [0.1, 0.15) is 25.3 Å². The maximum absolute atomic E-state index is 11.9. The molecule has 1 aromatic carbocycles. The van der Waals surface area contributed by atoms with Gasteiger partial charge in [-0.2, -0.15) is 0 Å². The second-order valence-corrected chi connectivity index (χ2v) is 4.19. The summed E-state index contributed by atoms with van der Waals surface area (Å²) in [5.74, 6) is 0.0605. The molecule has 0 saturated carbocycles. The standard InChI is InChI=1S/C14H18N2O/c1-2-8-16-14(17)12-7-9-15-13-6-4-3-5-11(13)10-12/h3-6,10,15H,2,7-9H2,1H3,(H,16,17). The van der Waals surface area contributed by atoms with Gasteiger partial charge in [0.15, 0.2) is 0 Å². The van der Waals surface area contributed by atoms with Gasteiger partial charge in [0.2, 0.25) is 5.91 Å². The molecule has 3 heteroatoms. The number of carbonyl (C=O) groups excluding carboxylic acids is 1. The molecule has 0 fully saturated rings. The van der Waals surface area contributed by atoms with Crippen molar-refractivity contribution in [3.05, 3.63) is 35.4 Å². The fraction of sp³-hybridized carbons (Fsp3) is 0.357. The van der Waals surface area contributed by atoms with E-state index in [4.69, 9.17) is 0 Å². The van der Waals surface area contributed by atoms with Crippen molar-refractivity contribution in [2.45, 2.75) is 19.8 Å². The molecule has 2 N–H and O–H groups in total. The molecule has 2 rings (SSSR count). The molecule has 0 spiro atoms. The summed E-state index contributed by atoms with van der Waals surface area (Å²) in [6.07, 6.45) is 3.72. The van der Waals surface area contributed by atoms with E-state index in [1.165, 1.54) is 0 Å². The topological polar surface area (TPSA) is 41.1 Å². The van der Waals surface area contributed by atoms with Crippen molar-refractivity contribution in [1.29, 1.82) is 0 Å². The molecule has 1 aromatic rings. The van der Waals surface area contributed by atoms with E-state index >= 15 is 0 Å². The van der Waals surface area contributed by atoms with Crippen molar-refractivity contribution in [3.63, 3.8) is 0 Å². The largest absolute Gasteiger partial charge is 0.384 e. The van der Waals surface area contributed by atoms with Gasteiger partial charge in [0.25, 0.3) is 0 Å². The van der Waals surface area contributed by atoms with Crippen LogP contribution in [0.3, 0.4) is 0 Å². The van der Waals surface area contributed by atoms with E-state index in [2.05, 4.69) is 17.6 Å². The van der Waals surface area contributed by atoms with Crippen LogP contribution in [-0.4, -0.2) is 19.0 Å². The quantitative estimate of drug-likeness (QED) is 0.837. The first-order chi connectivity index (χ1) is 8.31. The van der Waals surface area contributed by atoms with E-state index in [0.29, 0.717) is 0 Å². The molecule has 1 aliphatic rings. The third kappa shape index (κ3) is 2.87. The molecule has 0 aliphatic carbocycles. The van der Waals surface area contributed by atoms with Crippen LogP contribution >= 0.6 is 0 Å². The van der Waals surface area contributed by atoms with Gasteiger partial charge in [-0.05, 0) is 30.5 Å². The van der Waals surface area contributed by atoms with Gasteiger partial charge in [0.05, 0.1) is 0 Å². The zero-order valence-electron chi connectivity index (χ0n) is 10.1. The molecule has 1 heterocycles. The van der Waals surface area contributed by atoms with Gasteiger partial charge < -0.3 is 10.6 Å². The number of amides is 1. The average molecular weight is 230 g/mol. The van der Waals surface area contributed by atoms with Crippen molar-refractivity contribution in [1.82, 2.24) is 5.32 Å². The highest BCUT2D eigenvalue weighted by Crippen LogP contribution is 2.22. The molecule has 17 heavy (non-hydrogen) atoms. The minimum absolute atomic E-state index is 0.0605. The Bertz CT molecular complexity index is 438. The molecular formula is C14H18N2O. The SMILES string of the molecule is CCCNC(=O)C1=Cc2ccccc2NCC1. The minimum Gasteiger partial charge on any atom is -0.384 e. The lowest BCUT2D eigenvalue weighted by atomic mass is 10.1. The van der Waals surface area contributed by atoms with Gasteiger partial charge in [-0.3, -0.25) is 4.79 Å². The Kier molecular flexibility index (Phi) is 3.81. The number of hydrogen-bond donors (Lipinski definition) is 2. The van der Waals surface area contributed by atoms with Crippen molar-refractivity contribution >= 4 is 17.7 Å². The van der Waals surface area contributed by atoms with Gasteiger partial charge in [0.1, 0.15) is 0 Å². The predicted octanol–water partition coefficient (Wildman–Crippen LogP) is 2.41. The first-order valence-corrected chi connectivity index (χ1v) is 6.13. The van der Waals surface area contributed by atoms with Gasteiger partial charge >= 0.3 is 0 Å². The van der Waals surface area contributed by atoms with Gasteiger partial charge in [-0.1, -0.05) is 25.1 Å². The van der Waals surface area contributed by atoms with Crippen LogP contribution in [0.4, 0.5) is 5.69 Å². The summed E-state index contributed by atoms with van der Waals surface area (Å²) < 4.78 is 0. The fourth-order valence-electron chi connectivity index (χ4n) is 1.91. The molecular weight excluding hydrogens is 212 g/mol. The second-order valence-electron chi connectivity index (χ2n) is 4.19. The maximum Gasteiger partial charge on any atom is 0.247 e. The second kappa shape index (κ2) is 5.53. The van der Waals surface area contributed by atoms with Crippen LogP contribution < -0.4 is 10.6 Å². The fourth-order valence-corrected chi connectivity index (χ4v) is 1.91. The third-order valence-electron chi connectivity index (χ3n) is 2.83. The number of rotatable bonds is 3. The van der Waals surface area contributed by atoms with Gasteiger partial charge in [0, 0.05) is 24.4 Å². The first-order valence-electron chi connectivity index (χ1n) is 6.13. The summed E-state index contributed by atoms with van der Waals surface area (Å²) in [6, 6.07) is 8.06. The third-order valence-corrected chi connectivity index (χ3v) is 2.83. The molecule has 0 atom stereocenters. The Morgan fingerprint density at radius 1 is 1.41 bits per heavy atom. The van der Waals surface area contributed by atoms with E-state index < -0.39 is 0 Å². The Balaban J connectivity index is 2.19. The van der Waals surface area contributed by atoms with Crippen molar-refractivity contribution in [2.24, 2.45) is 0 Å². The molecule has 90 valence electrons. The van der Waals surface area contributed by atoms with E-state index in [1.807, 2.05) is 30.3 Å². The predicted molar refractivity (Wildman–Crippen MR) is 70.8 cm³/mol. The summed E-state index contributed by atoms with van der Waals surface area (Å²) in [6.45, 7) is 3.60.